The predicted molar refractivity (Wildman–Crippen MR) is 70.7 cm³/mol. The van der Waals surface area contributed by atoms with E-state index in [9.17, 15) is 4.79 Å². The molecule has 0 radical (unpaired) electrons. The van der Waals surface area contributed by atoms with Crippen LogP contribution in [-0.4, -0.2) is 41.5 Å². The highest BCUT2D eigenvalue weighted by molar-refractivity contribution is 6.32. The van der Waals surface area contributed by atoms with Crippen molar-refractivity contribution in [1.29, 1.82) is 0 Å². The number of rotatable bonds is 5. The summed E-state index contributed by atoms with van der Waals surface area (Å²) in [6, 6.07) is 0.191. The zero-order valence-electron chi connectivity index (χ0n) is 10.6. The van der Waals surface area contributed by atoms with Crippen LogP contribution in [0.2, 0.25) is 5.02 Å². The van der Waals surface area contributed by atoms with Gasteiger partial charge in [-0.05, 0) is 20.0 Å². The van der Waals surface area contributed by atoms with Crippen LogP contribution in [0.4, 0.5) is 5.82 Å². The maximum absolute atomic E-state index is 11.3. The number of halogens is 1. The van der Waals surface area contributed by atoms with Gasteiger partial charge in [-0.1, -0.05) is 25.4 Å². The number of nitrogens with zero attached hydrogens (tertiary/aromatic N) is 2. The molecule has 0 aliphatic carbocycles. The van der Waals surface area contributed by atoms with Gasteiger partial charge in [0.25, 0.3) is 5.56 Å². The summed E-state index contributed by atoms with van der Waals surface area (Å²) in [6.07, 6.45) is 1.35. The van der Waals surface area contributed by atoms with Crippen molar-refractivity contribution >= 4 is 17.4 Å². The van der Waals surface area contributed by atoms with Crippen molar-refractivity contribution in [3.63, 3.8) is 0 Å². The average Bonchev–Trinajstić information content (AvgIpc) is 2.22. The number of likely N-dealkylation sites (N-methyl/N-ethyl adjacent to an activating group) is 1. The standard InChI is InChI=1S/C11H19ClN4O/c1-7(2)8(5-16(3)4)15-10-9(12)11(17)14-6-13-10/h6-8H,5H2,1-4H3,(H2,13,14,15,17). The lowest BCUT2D eigenvalue weighted by Crippen LogP contribution is -2.37. The van der Waals surface area contributed by atoms with Crippen LogP contribution in [-0.2, 0) is 0 Å². The van der Waals surface area contributed by atoms with E-state index >= 15 is 0 Å². The van der Waals surface area contributed by atoms with E-state index in [1.807, 2.05) is 14.1 Å². The molecule has 1 heterocycles. The molecule has 17 heavy (non-hydrogen) atoms. The number of aromatic amines is 1. The van der Waals surface area contributed by atoms with Crippen LogP contribution >= 0.6 is 11.6 Å². The Morgan fingerprint density at radius 1 is 1.53 bits per heavy atom. The van der Waals surface area contributed by atoms with Crippen LogP contribution in [0, 0.1) is 5.92 Å². The van der Waals surface area contributed by atoms with Crippen molar-refractivity contribution in [1.82, 2.24) is 14.9 Å². The molecule has 1 rings (SSSR count). The molecule has 2 N–H and O–H groups in total. The summed E-state index contributed by atoms with van der Waals surface area (Å²) in [7, 11) is 4.01. The fourth-order valence-electron chi connectivity index (χ4n) is 1.48. The summed E-state index contributed by atoms with van der Waals surface area (Å²) in [4.78, 5) is 19.9. The second-order valence-electron chi connectivity index (χ2n) is 4.65. The van der Waals surface area contributed by atoms with Crippen molar-refractivity contribution < 1.29 is 0 Å². The topological polar surface area (TPSA) is 61.0 Å². The Kier molecular flexibility index (Phi) is 4.96. The van der Waals surface area contributed by atoms with E-state index in [2.05, 4.69) is 34.0 Å². The third-order valence-electron chi connectivity index (χ3n) is 2.49. The third-order valence-corrected chi connectivity index (χ3v) is 2.84. The van der Waals surface area contributed by atoms with Gasteiger partial charge in [0.2, 0.25) is 0 Å². The van der Waals surface area contributed by atoms with Crippen LogP contribution in [0.3, 0.4) is 0 Å². The Bertz CT molecular complexity index is 416. The molecule has 0 fully saturated rings. The lowest BCUT2D eigenvalue weighted by molar-refractivity contribution is 0.344. The van der Waals surface area contributed by atoms with Gasteiger partial charge in [-0.2, -0.15) is 0 Å². The summed E-state index contributed by atoms with van der Waals surface area (Å²) in [5, 5.41) is 3.32. The van der Waals surface area contributed by atoms with Crippen LogP contribution in [0.1, 0.15) is 13.8 Å². The Morgan fingerprint density at radius 3 is 2.71 bits per heavy atom. The number of aromatic nitrogens is 2. The molecule has 0 bridgehead atoms. The largest absolute Gasteiger partial charge is 0.364 e. The Hall–Kier alpha value is -1.07. The maximum atomic E-state index is 11.3. The highest BCUT2D eigenvalue weighted by Crippen LogP contribution is 2.16. The van der Waals surface area contributed by atoms with Crippen molar-refractivity contribution in [3.8, 4) is 0 Å². The van der Waals surface area contributed by atoms with Crippen molar-refractivity contribution in [3.05, 3.63) is 21.7 Å². The molecule has 0 saturated carbocycles. The molecule has 0 amide bonds. The predicted octanol–water partition coefficient (Wildman–Crippen LogP) is 1.42. The molecule has 0 aliphatic heterocycles. The molecule has 5 nitrogen and oxygen atoms in total. The van der Waals surface area contributed by atoms with Crippen LogP contribution < -0.4 is 10.9 Å². The van der Waals surface area contributed by atoms with Crippen LogP contribution in [0.25, 0.3) is 0 Å². The number of hydrogen-bond acceptors (Lipinski definition) is 4. The summed E-state index contributed by atoms with van der Waals surface area (Å²) in [6.45, 7) is 5.08. The first-order valence-electron chi connectivity index (χ1n) is 5.56. The quantitative estimate of drug-likeness (QED) is 0.839. The molecule has 1 aromatic heterocycles. The smallest absolute Gasteiger partial charge is 0.271 e. The Labute approximate surface area is 106 Å². The molecular formula is C11H19ClN4O. The minimum absolute atomic E-state index is 0.108. The van der Waals surface area contributed by atoms with Gasteiger partial charge in [-0.3, -0.25) is 4.79 Å². The second kappa shape index (κ2) is 6.02. The van der Waals surface area contributed by atoms with Gasteiger partial charge in [0.05, 0.1) is 6.33 Å². The van der Waals surface area contributed by atoms with Gasteiger partial charge in [-0.15, -0.1) is 0 Å². The summed E-state index contributed by atoms with van der Waals surface area (Å²) < 4.78 is 0. The molecule has 96 valence electrons. The van der Waals surface area contributed by atoms with Gasteiger partial charge in [0, 0.05) is 12.6 Å². The lowest BCUT2D eigenvalue weighted by Gasteiger charge is -2.26. The molecule has 6 heteroatoms. The molecule has 0 spiro atoms. The number of hydrogen-bond donors (Lipinski definition) is 2. The Morgan fingerprint density at radius 2 is 2.18 bits per heavy atom. The van der Waals surface area contributed by atoms with Gasteiger partial charge in [-0.25, -0.2) is 4.98 Å². The maximum Gasteiger partial charge on any atom is 0.271 e. The van der Waals surface area contributed by atoms with E-state index in [1.165, 1.54) is 6.33 Å². The number of anilines is 1. The first-order valence-corrected chi connectivity index (χ1v) is 5.94. The number of nitrogens with one attached hydrogen (secondary N) is 2. The van der Waals surface area contributed by atoms with E-state index in [4.69, 9.17) is 11.6 Å². The molecule has 0 aromatic carbocycles. The summed E-state index contributed by atoms with van der Waals surface area (Å²) in [5.74, 6) is 0.852. The fraction of sp³-hybridized carbons (Fsp3) is 0.636. The van der Waals surface area contributed by atoms with E-state index in [-0.39, 0.29) is 16.6 Å². The molecule has 1 atom stereocenters. The normalized spacial score (nSPS) is 13.1. The number of H-pyrrole nitrogens is 1. The first kappa shape index (κ1) is 14.0. The van der Waals surface area contributed by atoms with E-state index in [0.29, 0.717) is 11.7 Å². The molecule has 1 unspecified atom stereocenters. The SMILES string of the molecule is CC(C)C(CN(C)C)Nc1nc[nH]c(=O)c1Cl. The summed E-state index contributed by atoms with van der Waals surface area (Å²) >= 11 is 5.90. The molecular weight excluding hydrogens is 240 g/mol. The zero-order chi connectivity index (χ0) is 13.0. The first-order chi connectivity index (χ1) is 7.91. The van der Waals surface area contributed by atoms with Gasteiger partial charge < -0.3 is 15.2 Å². The monoisotopic (exact) mass is 258 g/mol. The minimum Gasteiger partial charge on any atom is -0.364 e. The van der Waals surface area contributed by atoms with Crippen LogP contribution in [0.5, 0.6) is 0 Å². The molecule has 0 saturated heterocycles. The van der Waals surface area contributed by atoms with Gasteiger partial charge >= 0.3 is 0 Å². The molecule has 1 aromatic rings. The van der Waals surface area contributed by atoms with E-state index < -0.39 is 0 Å². The zero-order valence-corrected chi connectivity index (χ0v) is 11.4. The fourth-order valence-corrected chi connectivity index (χ4v) is 1.63. The van der Waals surface area contributed by atoms with Crippen molar-refractivity contribution in [2.24, 2.45) is 5.92 Å². The highest BCUT2D eigenvalue weighted by Gasteiger charge is 2.16. The van der Waals surface area contributed by atoms with Crippen LogP contribution in [0.15, 0.2) is 11.1 Å². The molecule has 0 aliphatic rings. The van der Waals surface area contributed by atoms with Crippen molar-refractivity contribution in [2.45, 2.75) is 19.9 Å². The lowest BCUT2D eigenvalue weighted by atomic mass is 10.0. The average molecular weight is 259 g/mol. The summed E-state index contributed by atoms with van der Waals surface area (Å²) in [5.41, 5.74) is -0.323. The second-order valence-corrected chi connectivity index (χ2v) is 5.03. The van der Waals surface area contributed by atoms with E-state index in [1.54, 1.807) is 0 Å². The third kappa shape index (κ3) is 4.02. The van der Waals surface area contributed by atoms with Gasteiger partial charge in [0.1, 0.15) is 5.02 Å². The van der Waals surface area contributed by atoms with E-state index in [0.717, 1.165) is 6.54 Å². The van der Waals surface area contributed by atoms with Gasteiger partial charge in [0.15, 0.2) is 5.82 Å². The van der Waals surface area contributed by atoms with Crippen molar-refractivity contribution in [2.75, 3.05) is 26.0 Å². The minimum atomic E-state index is -0.323. The highest BCUT2D eigenvalue weighted by atomic mass is 35.5. The Balaban J connectivity index is 2.86.